The molecule has 0 N–H and O–H groups in total. The number of benzene rings is 1. The van der Waals surface area contributed by atoms with Gasteiger partial charge in [-0.05, 0) is 40.6 Å². The van der Waals surface area contributed by atoms with Crippen LogP contribution in [0.1, 0.15) is 32.6 Å². The molecule has 0 bridgehead atoms. The number of amides is 1. The lowest BCUT2D eigenvalue weighted by atomic mass is 10.00. The van der Waals surface area contributed by atoms with E-state index in [1.165, 1.54) is 11.3 Å². The Morgan fingerprint density at radius 3 is 2.28 bits per heavy atom. The van der Waals surface area contributed by atoms with Crippen molar-refractivity contribution in [3.8, 4) is 17.2 Å². The summed E-state index contributed by atoms with van der Waals surface area (Å²) in [5.41, 5.74) is 1.77. The molecule has 3 heterocycles. The highest BCUT2D eigenvalue weighted by molar-refractivity contribution is 7.12. The number of methoxy groups -OCH3 is 3. The van der Waals surface area contributed by atoms with Crippen LogP contribution in [0.3, 0.4) is 0 Å². The molecule has 0 unspecified atom stereocenters. The van der Waals surface area contributed by atoms with Gasteiger partial charge in [-0.15, -0.1) is 22.7 Å². The Bertz CT molecular complexity index is 1000. The molecule has 150 valence electrons. The fraction of sp³-hybridized carbons (Fsp3) is 0.238. The summed E-state index contributed by atoms with van der Waals surface area (Å²) in [6.07, 6.45) is 0.607. The average molecular weight is 429 g/mol. The molecule has 0 spiro atoms. The molecule has 1 aliphatic heterocycles. The number of ether oxygens (including phenoxy) is 3. The molecule has 0 radical (unpaired) electrons. The first-order valence-electron chi connectivity index (χ1n) is 8.94. The molecule has 1 aliphatic rings. The Morgan fingerprint density at radius 2 is 1.72 bits per heavy atom. The third kappa shape index (κ3) is 3.61. The van der Waals surface area contributed by atoms with Crippen LogP contribution in [0.4, 0.5) is 0 Å². The van der Waals surface area contributed by atoms with E-state index < -0.39 is 0 Å². The summed E-state index contributed by atoms with van der Waals surface area (Å²) in [5, 5.41) is 10.2. The lowest BCUT2D eigenvalue weighted by Gasteiger charge is -2.23. The second kappa shape index (κ2) is 8.26. The van der Waals surface area contributed by atoms with Crippen molar-refractivity contribution in [1.29, 1.82) is 0 Å². The van der Waals surface area contributed by atoms with Gasteiger partial charge in [0, 0.05) is 6.42 Å². The largest absolute Gasteiger partial charge is 0.493 e. The van der Waals surface area contributed by atoms with Crippen molar-refractivity contribution in [2.75, 3.05) is 21.3 Å². The second-order valence-electron chi connectivity index (χ2n) is 6.33. The minimum atomic E-state index is -0.268. The zero-order valence-electron chi connectivity index (χ0n) is 16.2. The van der Waals surface area contributed by atoms with Crippen molar-refractivity contribution in [1.82, 2.24) is 5.01 Å². The number of rotatable bonds is 6. The quantitative estimate of drug-likeness (QED) is 0.564. The summed E-state index contributed by atoms with van der Waals surface area (Å²) in [4.78, 5) is 14.9. The molecule has 29 heavy (non-hydrogen) atoms. The van der Waals surface area contributed by atoms with Crippen LogP contribution in [0.25, 0.3) is 0 Å². The third-order valence-corrected chi connectivity index (χ3v) is 6.50. The van der Waals surface area contributed by atoms with Gasteiger partial charge in [0.2, 0.25) is 5.75 Å². The topological polar surface area (TPSA) is 60.4 Å². The summed E-state index contributed by atoms with van der Waals surface area (Å²) in [7, 11) is 4.73. The molecular weight excluding hydrogens is 408 g/mol. The molecule has 3 aromatic rings. The predicted octanol–water partition coefficient (Wildman–Crippen LogP) is 4.83. The molecule has 0 aliphatic carbocycles. The van der Waals surface area contributed by atoms with Gasteiger partial charge in [-0.1, -0.05) is 12.1 Å². The van der Waals surface area contributed by atoms with E-state index in [0.717, 1.165) is 16.2 Å². The lowest BCUT2D eigenvalue weighted by molar-refractivity contribution is 0.0715. The molecule has 1 aromatic carbocycles. The van der Waals surface area contributed by atoms with E-state index >= 15 is 0 Å². The van der Waals surface area contributed by atoms with Gasteiger partial charge in [0.25, 0.3) is 5.91 Å². The van der Waals surface area contributed by atoms with Crippen LogP contribution in [0.2, 0.25) is 0 Å². The van der Waals surface area contributed by atoms with Gasteiger partial charge in [0.1, 0.15) is 0 Å². The number of thiophene rings is 2. The summed E-state index contributed by atoms with van der Waals surface area (Å²) in [6.45, 7) is 0. The summed E-state index contributed by atoms with van der Waals surface area (Å²) >= 11 is 3.02. The fourth-order valence-electron chi connectivity index (χ4n) is 3.36. The van der Waals surface area contributed by atoms with Crippen LogP contribution < -0.4 is 14.2 Å². The van der Waals surface area contributed by atoms with E-state index in [-0.39, 0.29) is 11.9 Å². The van der Waals surface area contributed by atoms with Crippen molar-refractivity contribution >= 4 is 34.3 Å². The van der Waals surface area contributed by atoms with Gasteiger partial charge in [-0.25, -0.2) is 5.01 Å². The predicted molar refractivity (Wildman–Crippen MR) is 115 cm³/mol. The van der Waals surface area contributed by atoms with Crippen LogP contribution in [0.5, 0.6) is 17.2 Å². The normalized spacial score (nSPS) is 15.9. The van der Waals surface area contributed by atoms with E-state index in [9.17, 15) is 4.79 Å². The highest BCUT2D eigenvalue weighted by Crippen LogP contribution is 2.43. The maximum Gasteiger partial charge on any atom is 0.284 e. The maximum absolute atomic E-state index is 13.2. The Kier molecular flexibility index (Phi) is 5.55. The van der Waals surface area contributed by atoms with Crippen molar-refractivity contribution in [3.63, 3.8) is 0 Å². The number of hydrogen-bond donors (Lipinski definition) is 0. The minimum Gasteiger partial charge on any atom is -0.493 e. The molecule has 1 atom stereocenters. The monoisotopic (exact) mass is 428 g/mol. The van der Waals surface area contributed by atoms with Crippen LogP contribution in [0, 0.1) is 0 Å². The number of nitrogens with zero attached hydrogens (tertiary/aromatic N) is 2. The minimum absolute atomic E-state index is 0.120. The van der Waals surface area contributed by atoms with Crippen molar-refractivity contribution in [3.05, 3.63) is 62.5 Å². The molecule has 4 rings (SSSR count). The van der Waals surface area contributed by atoms with Crippen LogP contribution >= 0.6 is 22.7 Å². The highest BCUT2D eigenvalue weighted by atomic mass is 32.1. The van der Waals surface area contributed by atoms with Gasteiger partial charge in [0.15, 0.2) is 11.5 Å². The fourth-order valence-corrected chi connectivity index (χ4v) is 4.73. The first kappa shape index (κ1) is 19.5. The van der Waals surface area contributed by atoms with Gasteiger partial charge in [-0.2, -0.15) is 5.10 Å². The third-order valence-electron chi connectivity index (χ3n) is 4.73. The molecule has 0 fully saturated rings. The van der Waals surface area contributed by atoms with E-state index in [4.69, 9.17) is 19.3 Å². The number of carbonyl (C=O) groups is 1. The number of hydrogen-bond acceptors (Lipinski definition) is 7. The Labute approximate surface area is 177 Å². The zero-order valence-corrected chi connectivity index (χ0v) is 17.9. The number of hydrazone groups is 1. The summed E-state index contributed by atoms with van der Waals surface area (Å²) in [5.74, 6) is 1.50. The van der Waals surface area contributed by atoms with Crippen LogP contribution in [0.15, 0.2) is 52.3 Å². The van der Waals surface area contributed by atoms with E-state index in [1.54, 1.807) is 37.7 Å². The Balaban J connectivity index is 1.78. The van der Waals surface area contributed by atoms with Crippen LogP contribution in [-0.2, 0) is 0 Å². The van der Waals surface area contributed by atoms with Crippen molar-refractivity contribution in [2.24, 2.45) is 5.10 Å². The Hall–Kier alpha value is -2.84. The Morgan fingerprint density at radius 1 is 1.03 bits per heavy atom. The smallest absolute Gasteiger partial charge is 0.284 e. The molecule has 6 nitrogen and oxygen atoms in total. The maximum atomic E-state index is 13.2. The van der Waals surface area contributed by atoms with Crippen molar-refractivity contribution < 1.29 is 19.0 Å². The molecular formula is C21H20N2O4S2. The first-order chi connectivity index (χ1) is 14.2. The average Bonchev–Trinajstić information content (AvgIpc) is 3.52. The molecule has 0 saturated carbocycles. The highest BCUT2D eigenvalue weighted by Gasteiger charge is 2.35. The summed E-state index contributed by atoms with van der Waals surface area (Å²) in [6, 6.07) is 11.2. The molecule has 8 heteroatoms. The van der Waals surface area contributed by atoms with E-state index in [0.29, 0.717) is 28.5 Å². The van der Waals surface area contributed by atoms with Crippen LogP contribution in [-0.4, -0.2) is 38.0 Å². The molecule has 2 aromatic heterocycles. The van der Waals surface area contributed by atoms with E-state index in [2.05, 4.69) is 0 Å². The van der Waals surface area contributed by atoms with Gasteiger partial charge in [0.05, 0.1) is 42.8 Å². The second-order valence-corrected chi connectivity index (χ2v) is 8.23. The summed E-state index contributed by atoms with van der Waals surface area (Å²) < 4.78 is 16.4. The van der Waals surface area contributed by atoms with Crippen molar-refractivity contribution in [2.45, 2.75) is 12.5 Å². The molecule has 1 amide bonds. The number of carbonyl (C=O) groups excluding carboxylic acids is 1. The van der Waals surface area contributed by atoms with Gasteiger partial charge in [-0.3, -0.25) is 4.79 Å². The standard InChI is InChI=1S/C21H20N2O4S2/c1-25-16-10-13(11-17(26-2)20(16)27-3)15-12-14(18-6-4-8-28-18)22-23(15)21(24)19-7-5-9-29-19/h4-11,15H,12H2,1-3H3/t15-/m1/s1. The zero-order chi connectivity index (χ0) is 20.4. The van der Waals surface area contributed by atoms with E-state index in [1.807, 2.05) is 47.2 Å². The van der Waals surface area contributed by atoms with Gasteiger partial charge >= 0.3 is 0 Å². The van der Waals surface area contributed by atoms with Gasteiger partial charge < -0.3 is 14.2 Å². The first-order valence-corrected chi connectivity index (χ1v) is 10.7. The SMILES string of the molecule is COc1cc([C@H]2CC(c3cccs3)=NN2C(=O)c2cccs2)cc(OC)c1OC. The lowest BCUT2D eigenvalue weighted by Crippen LogP contribution is -2.26. The molecule has 0 saturated heterocycles.